The Morgan fingerprint density at radius 1 is 1.44 bits per heavy atom. The van der Waals surface area contributed by atoms with E-state index in [0.29, 0.717) is 6.10 Å². The van der Waals surface area contributed by atoms with Crippen LogP contribution < -0.4 is 0 Å². The van der Waals surface area contributed by atoms with Crippen molar-refractivity contribution in [3.8, 4) is 0 Å². The molecule has 0 spiro atoms. The molecule has 2 fully saturated rings. The predicted octanol–water partition coefficient (Wildman–Crippen LogP) is 1.20. The SMILES string of the molecule is CC1(C)CO1.CC1CO1. The van der Waals surface area contributed by atoms with Crippen LogP contribution in [0.4, 0.5) is 0 Å². The van der Waals surface area contributed by atoms with Crippen molar-refractivity contribution in [2.45, 2.75) is 32.5 Å². The van der Waals surface area contributed by atoms with Crippen LogP contribution in [0.15, 0.2) is 0 Å². The molecule has 0 aromatic rings. The summed E-state index contributed by atoms with van der Waals surface area (Å²) in [7, 11) is 0. The Morgan fingerprint density at radius 3 is 1.67 bits per heavy atom. The Morgan fingerprint density at radius 2 is 1.67 bits per heavy atom. The van der Waals surface area contributed by atoms with E-state index in [1.165, 1.54) is 0 Å². The van der Waals surface area contributed by atoms with Gasteiger partial charge in [-0.25, -0.2) is 0 Å². The maximum Gasteiger partial charge on any atom is 0.0860 e. The van der Waals surface area contributed by atoms with Gasteiger partial charge in [0, 0.05) is 0 Å². The molecule has 1 unspecified atom stereocenters. The molecule has 2 nitrogen and oxygen atoms in total. The molecular formula is C7H14O2. The monoisotopic (exact) mass is 130 g/mol. The highest BCUT2D eigenvalue weighted by Gasteiger charge is 2.32. The molecule has 0 aliphatic carbocycles. The lowest BCUT2D eigenvalue weighted by molar-refractivity contribution is 0.344. The molecule has 0 saturated carbocycles. The van der Waals surface area contributed by atoms with Crippen molar-refractivity contribution in [3.63, 3.8) is 0 Å². The number of hydrogen-bond donors (Lipinski definition) is 0. The van der Waals surface area contributed by atoms with E-state index in [1.807, 2.05) is 0 Å². The summed E-state index contributed by atoms with van der Waals surface area (Å²) >= 11 is 0. The minimum absolute atomic E-state index is 0.250. The van der Waals surface area contributed by atoms with E-state index in [4.69, 9.17) is 9.47 Å². The summed E-state index contributed by atoms with van der Waals surface area (Å²) in [6, 6.07) is 0. The normalized spacial score (nSPS) is 34.3. The molecule has 54 valence electrons. The summed E-state index contributed by atoms with van der Waals surface area (Å²) in [5, 5.41) is 0. The third kappa shape index (κ3) is 4.43. The van der Waals surface area contributed by atoms with Crippen molar-refractivity contribution in [3.05, 3.63) is 0 Å². The van der Waals surface area contributed by atoms with Gasteiger partial charge in [0.15, 0.2) is 0 Å². The largest absolute Gasteiger partial charge is 0.373 e. The molecule has 2 heterocycles. The molecule has 0 aromatic carbocycles. The van der Waals surface area contributed by atoms with E-state index in [-0.39, 0.29) is 5.60 Å². The molecule has 2 aliphatic rings. The molecule has 2 rings (SSSR count). The fourth-order valence-electron chi connectivity index (χ4n) is 0.241. The summed E-state index contributed by atoms with van der Waals surface area (Å²) in [5.41, 5.74) is 0.250. The van der Waals surface area contributed by atoms with E-state index >= 15 is 0 Å². The highest BCUT2D eigenvalue weighted by molar-refractivity contribution is 4.79. The van der Waals surface area contributed by atoms with Crippen LogP contribution in [0.25, 0.3) is 0 Å². The standard InChI is InChI=1S/C4H8O.C3H6O/c1-4(2)3-5-4;1-3-2-4-3/h3H2,1-2H3;3H,2H2,1H3. The lowest BCUT2D eigenvalue weighted by Crippen LogP contribution is -1.90. The second-order valence-electron chi connectivity index (χ2n) is 3.19. The molecule has 2 heteroatoms. The van der Waals surface area contributed by atoms with Crippen LogP contribution in [0.3, 0.4) is 0 Å². The Bertz CT molecular complexity index is 89.1. The van der Waals surface area contributed by atoms with Crippen molar-refractivity contribution >= 4 is 0 Å². The van der Waals surface area contributed by atoms with Gasteiger partial charge in [-0.3, -0.25) is 0 Å². The number of rotatable bonds is 0. The van der Waals surface area contributed by atoms with E-state index in [9.17, 15) is 0 Å². The second-order valence-corrected chi connectivity index (χ2v) is 3.19. The molecule has 0 N–H and O–H groups in total. The zero-order valence-electron chi connectivity index (χ0n) is 6.31. The second kappa shape index (κ2) is 2.27. The predicted molar refractivity (Wildman–Crippen MR) is 35.4 cm³/mol. The minimum atomic E-state index is 0.250. The molecule has 9 heavy (non-hydrogen) atoms. The van der Waals surface area contributed by atoms with Crippen molar-refractivity contribution in [2.24, 2.45) is 0 Å². The Balaban J connectivity index is 0.0000000922. The first-order chi connectivity index (χ1) is 4.10. The summed E-state index contributed by atoms with van der Waals surface area (Å²) < 4.78 is 9.60. The minimum Gasteiger partial charge on any atom is -0.373 e. The van der Waals surface area contributed by atoms with Crippen LogP contribution >= 0.6 is 0 Å². The van der Waals surface area contributed by atoms with Crippen molar-refractivity contribution in [2.75, 3.05) is 13.2 Å². The van der Waals surface area contributed by atoms with E-state index in [2.05, 4.69) is 20.8 Å². The van der Waals surface area contributed by atoms with Gasteiger partial charge in [-0.05, 0) is 20.8 Å². The van der Waals surface area contributed by atoms with Gasteiger partial charge in [-0.1, -0.05) is 0 Å². The first-order valence-corrected chi connectivity index (χ1v) is 3.36. The van der Waals surface area contributed by atoms with Crippen LogP contribution in [-0.4, -0.2) is 24.9 Å². The third-order valence-corrected chi connectivity index (χ3v) is 1.22. The Kier molecular flexibility index (Phi) is 1.78. The summed E-state index contributed by atoms with van der Waals surface area (Å²) in [6.45, 7) is 8.15. The molecule has 2 aliphatic heterocycles. The van der Waals surface area contributed by atoms with Crippen molar-refractivity contribution < 1.29 is 9.47 Å². The molecule has 0 bridgehead atoms. The molecular weight excluding hydrogens is 116 g/mol. The summed E-state index contributed by atoms with van der Waals surface area (Å²) in [4.78, 5) is 0. The van der Waals surface area contributed by atoms with Gasteiger partial charge in [0.25, 0.3) is 0 Å². The van der Waals surface area contributed by atoms with Crippen LogP contribution in [0.1, 0.15) is 20.8 Å². The summed E-state index contributed by atoms with van der Waals surface area (Å²) in [5.74, 6) is 0. The van der Waals surface area contributed by atoms with Crippen LogP contribution in [0.5, 0.6) is 0 Å². The average molecular weight is 130 g/mol. The Hall–Kier alpha value is -0.0800. The number of epoxide rings is 2. The van der Waals surface area contributed by atoms with Crippen LogP contribution in [-0.2, 0) is 9.47 Å². The van der Waals surface area contributed by atoms with Crippen molar-refractivity contribution in [1.29, 1.82) is 0 Å². The van der Waals surface area contributed by atoms with Crippen molar-refractivity contribution in [1.82, 2.24) is 0 Å². The highest BCUT2D eigenvalue weighted by Crippen LogP contribution is 2.23. The van der Waals surface area contributed by atoms with Gasteiger partial charge in [0.05, 0.1) is 24.9 Å². The Labute approximate surface area is 56.2 Å². The lowest BCUT2D eigenvalue weighted by Gasteiger charge is -1.81. The average Bonchev–Trinajstić information content (AvgIpc) is 2.54. The topological polar surface area (TPSA) is 25.1 Å². The van der Waals surface area contributed by atoms with Crippen LogP contribution in [0.2, 0.25) is 0 Å². The van der Waals surface area contributed by atoms with Gasteiger partial charge in [0.2, 0.25) is 0 Å². The maximum atomic E-state index is 4.90. The smallest absolute Gasteiger partial charge is 0.0860 e. The van der Waals surface area contributed by atoms with E-state index in [1.54, 1.807) is 0 Å². The first-order valence-electron chi connectivity index (χ1n) is 3.36. The third-order valence-electron chi connectivity index (χ3n) is 1.22. The fraction of sp³-hybridized carbons (Fsp3) is 1.00. The van der Waals surface area contributed by atoms with Gasteiger partial charge in [0.1, 0.15) is 0 Å². The quantitative estimate of drug-likeness (QED) is 0.460. The molecule has 0 aromatic heterocycles. The van der Waals surface area contributed by atoms with Gasteiger partial charge in [-0.2, -0.15) is 0 Å². The van der Waals surface area contributed by atoms with E-state index < -0.39 is 0 Å². The van der Waals surface area contributed by atoms with Gasteiger partial charge < -0.3 is 9.47 Å². The highest BCUT2D eigenvalue weighted by atomic mass is 16.6. The number of hydrogen-bond acceptors (Lipinski definition) is 2. The molecule has 0 radical (unpaired) electrons. The number of ether oxygens (including phenoxy) is 2. The first kappa shape index (κ1) is 7.03. The maximum absolute atomic E-state index is 4.90. The zero-order valence-corrected chi connectivity index (χ0v) is 6.31. The lowest BCUT2D eigenvalue weighted by atomic mass is 10.3. The van der Waals surface area contributed by atoms with Crippen LogP contribution in [0, 0.1) is 0 Å². The fourth-order valence-corrected chi connectivity index (χ4v) is 0.241. The molecule has 2 saturated heterocycles. The van der Waals surface area contributed by atoms with E-state index in [0.717, 1.165) is 13.2 Å². The molecule has 1 atom stereocenters. The van der Waals surface area contributed by atoms with Gasteiger partial charge in [-0.15, -0.1) is 0 Å². The summed E-state index contributed by atoms with van der Waals surface area (Å²) in [6.07, 6.45) is 0.583. The van der Waals surface area contributed by atoms with Gasteiger partial charge >= 0.3 is 0 Å². The zero-order chi connectivity index (χ0) is 6.91. The molecule has 0 amide bonds.